The normalized spacial score (nSPS) is 24.0. The molecule has 220 valence electrons. The number of carboxylic acid groups (broad SMARTS) is 1. The lowest BCUT2D eigenvalue weighted by molar-refractivity contribution is -0.278. The van der Waals surface area contributed by atoms with E-state index in [9.17, 15) is 45.0 Å². The van der Waals surface area contributed by atoms with Gasteiger partial charge in [-0.05, 0) is 31.2 Å². The molecule has 3 aromatic rings. The van der Waals surface area contributed by atoms with Crippen LogP contribution in [0.3, 0.4) is 0 Å². The third-order valence-corrected chi connectivity index (χ3v) is 6.32. The molecule has 1 aliphatic rings. The number of aliphatic carboxylic acids is 1. The summed E-state index contributed by atoms with van der Waals surface area (Å²) in [4.78, 5) is 35.6. The number of carbonyl (C=O) groups excluding carboxylic acids is 1. The first-order chi connectivity index (χ1) is 19.2. The van der Waals surface area contributed by atoms with Crippen LogP contribution in [0, 0.1) is 0 Å². The Morgan fingerprint density at radius 1 is 0.976 bits per heavy atom. The van der Waals surface area contributed by atoms with E-state index in [1.807, 2.05) is 0 Å². The summed E-state index contributed by atoms with van der Waals surface area (Å²) >= 11 is 0. The highest BCUT2D eigenvalue weighted by Gasteiger charge is 2.45. The first kappa shape index (κ1) is 29.8. The van der Waals surface area contributed by atoms with Crippen LogP contribution in [0.1, 0.15) is 19.8 Å². The highest BCUT2D eigenvalue weighted by atomic mass is 16.7. The maximum atomic E-state index is 12.7. The van der Waals surface area contributed by atoms with Gasteiger partial charge >= 0.3 is 11.9 Å². The van der Waals surface area contributed by atoms with Crippen LogP contribution in [-0.2, 0) is 19.1 Å². The molecule has 14 heteroatoms. The van der Waals surface area contributed by atoms with E-state index < -0.39 is 78.9 Å². The van der Waals surface area contributed by atoms with Gasteiger partial charge in [0.1, 0.15) is 65.0 Å². The maximum Gasteiger partial charge on any atom is 0.308 e. The van der Waals surface area contributed by atoms with Crippen LogP contribution in [-0.4, -0.2) is 90.6 Å². The van der Waals surface area contributed by atoms with Gasteiger partial charge in [-0.15, -0.1) is 0 Å². The fourth-order valence-corrected chi connectivity index (χ4v) is 4.29. The molecule has 41 heavy (non-hydrogen) atoms. The first-order valence-corrected chi connectivity index (χ1v) is 12.3. The zero-order valence-electron chi connectivity index (χ0n) is 21.5. The van der Waals surface area contributed by atoms with E-state index in [0.29, 0.717) is 5.56 Å². The molecule has 6 atom stereocenters. The molecule has 14 nitrogen and oxygen atoms in total. The number of aliphatic hydroxyl groups is 4. The summed E-state index contributed by atoms with van der Waals surface area (Å²) in [6, 6.07) is 9.25. The predicted octanol–water partition coefficient (Wildman–Crippen LogP) is 0.217. The number of ether oxygens (including phenoxy) is 3. The Bertz CT molecular complexity index is 1480. The van der Waals surface area contributed by atoms with Crippen molar-refractivity contribution in [1.82, 2.24) is 0 Å². The van der Waals surface area contributed by atoms with Gasteiger partial charge in [-0.1, -0.05) is 0 Å². The van der Waals surface area contributed by atoms with Gasteiger partial charge < -0.3 is 54.4 Å². The molecule has 2 aromatic carbocycles. The number of carboxylic acids is 1. The average Bonchev–Trinajstić information content (AvgIpc) is 2.87. The highest BCUT2D eigenvalue weighted by molar-refractivity contribution is 5.86. The maximum absolute atomic E-state index is 12.7. The summed E-state index contributed by atoms with van der Waals surface area (Å²) in [5, 5.41) is 69.7. The number of hydrogen-bond acceptors (Lipinski definition) is 13. The SMILES string of the molecule is C[C@](O)(CC(=O)O)CC(=O)OC[C@H]1O[C@@H](Oc2cc(O)c3c(=O)cc(-c4ccc(O)cc4)oc3c2)[C@H](O)[C@@H](O)[C@@H]1O. The molecule has 4 rings (SSSR count). The fourth-order valence-electron chi connectivity index (χ4n) is 4.29. The number of hydrogen-bond donors (Lipinski definition) is 7. The smallest absolute Gasteiger partial charge is 0.308 e. The van der Waals surface area contributed by atoms with Crippen molar-refractivity contribution in [3.63, 3.8) is 0 Å². The first-order valence-electron chi connectivity index (χ1n) is 12.3. The Kier molecular flexibility index (Phi) is 8.51. The van der Waals surface area contributed by atoms with Crippen molar-refractivity contribution in [2.75, 3.05) is 6.61 Å². The van der Waals surface area contributed by atoms with Gasteiger partial charge in [0, 0.05) is 23.8 Å². The Labute approximate surface area is 231 Å². The van der Waals surface area contributed by atoms with Gasteiger partial charge in [0.25, 0.3) is 0 Å². The second-order valence-corrected chi connectivity index (χ2v) is 9.90. The summed E-state index contributed by atoms with van der Waals surface area (Å²) in [7, 11) is 0. The molecule has 0 saturated carbocycles. The van der Waals surface area contributed by atoms with Gasteiger partial charge in [0.05, 0.1) is 18.4 Å². The van der Waals surface area contributed by atoms with Gasteiger partial charge in [0.15, 0.2) is 5.43 Å². The summed E-state index contributed by atoms with van der Waals surface area (Å²) in [5.74, 6) is -2.90. The molecule has 1 saturated heterocycles. The zero-order valence-corrected chi connectivity index (χ0v) is 21.5. The molecule has 0 spiro atoms. The standard InChI is InChI=1S/C27H28O14/c1-27(37,9-20(31)32)10-21(33)38-11-19-23(34)24(35)25(36)26(41-19)39-14-6-15(29)22-16(30)8-17(40-18(22)7-14)12-2-4-13(28)5-3-12/h2-8,19,23-26,28-29,34-37H,9-11H2,1H3,(H,31,32)/t19-,23-,24+,25-,26-,27+/m1/s1. The molecule has 0 unspecified atom stereocenters. The van der Waals surface area contributed by atoms with Crippen LogP contribution in [0.2, 0.25) is 0 Å². The Hall–Kier alpha value is -4.21. The van der Waals surface area contributed by atoms with Gasteiger partial charge in [-0.2, -0.15) is 0 Å². The number of aliphatic hydroxyl groups excluding tert-OH is 3. The van der Waals surface area contributed by atoms with E-state index in [1.165, 1.54) is 30.3 Å². The number of rotatable bonds is 9. The van der Waals surface area contributed by atoms with Crippen molar-refractivity contribution >= 4 is 22.9 Å². The monoisotopic (exact) mass is 576 g/mol. The van der Waals surface area contributed by atoms with E-state index in [1.54, 1.807) is 0 Å². The van der Waals surface area contributed by atoms with Crippen LogP contribution < -0.4 is 10.2 Å². The molecule has 0 bridgehead atoms. The van der Waals surface area contributed by atoms with Crippen LogP contribution >= 0.6 is 0 Å². The number of benzene rings is 2. The van der Waals surface area contributed by atoms with Crippen molar-refractivity contribution in [1.29, 1.82) is 0 Å². The molecule has 2 heterocycles. The second kappa shape index (κ2) is 11.7. The summed E-state index contributed by atoms with van der Waals surface area (Å²) in [6.07, 6.45) is -9.83. The molecular formula is C27H28O14. The Balaban J connectivity index is 1.52. The minimum absolute atomic E-state index is 0.00157. The van der Waals surface area contributed by atoms with E-state index >= 15 is 0 Å². The van der Waals surface area contributed by atoms with Crippen molar-refractivity contribution in [3.8, 4) is 28.6 Å². The molecule has 1 aliphatic heterocycles. The zero-order chi connectivity index (χ0) is 30.1. The molecule has 0 aliphatic carbocycles. The molecule has 0 radical (unpaired) electrons. The van der Waals surface area contributed by atoms with Crippen LogP contribution in [0.4, 0.5) is 0 Å². The number of phenols is 2. The summed E-state index contributed by atoms with van der Waals surface area (Å²) < 4.78 is 21.8. The topological polar surface area (TPSA) is 234 Å². The number of fused-ring (bicyclic) bond motifs is 1. The van der Waals surface area contributed by atoms with Crippen molar-refractivity contribution in [3.05, 3.63) is 52.7 Å². The lowest BCUT2D eigenvalue weighted by Crippen LogP contribution is -2.60. The lowest BCUT2D eigenvalue weighted by atomic mass is 9.98. The minimum Gasteiger partial charge on any atom is -0.508 e. The summed E-state index contributed by atoms with van der Waals surface area (Å²) in [6.45, 7) is 0.480. The van der Waals surface area contributed by atoms with Crippen LogP contribution in [0.15, 0.2) is 51.7 Å². The predicted molar refractivity (Wildman–Crippen MR) is 137 cm³/mol. The number of esters is 1. The number of aromatic hydroxyl groups is 2. The Morgan fingerprint density at radius 3 is 2.32 bits per heavy atom. The van der Waals surface area contributed by atoms with Crippen LogP contribution in [0.25, 0.3) is 22.3 Å². The third kappa shape index (κ3) is 6.93. The van der Waals surface area contributed by atoms with E-state index in [-0.39, 0.29) is 28.2 Å². The Morgan fingerprint density at radius 2 is 1.66 bits per heavy atom. The molecule has 7 N–H and O–H groups in total. The van der Waals surface area contributed by atoms with E-state index in [2.05, 4.69) is 0 Å². The molecule has 1 fully saturated rings. The second-order valence-electron chi connectivity index (χ2n) is 9.90. The van der Waals surface area contributed by atoms with E-state index in [0.717, 1.165) is 19.1 Å². The van der Waals surface area contributed by atoms with Gasteiger partial charge in [-0.25, -0.2) is 0 Å². The quantitative estimate of drug-likeness (QED) is 0.169. The molecule has 1 aromatic heterocycles. The van der Waals surface area contributed by atoms with Crippen LogP contribution in [0.5, 0.6) is 17.2 Å². The average molecular weight is 577 g/mol. The minimum atomic E-state index is -1.90. The number of phenolic OH excluding ortho intramolecular Hbond substituents is 2. The third-order valence-electron chi connectivity index (χ3n) is 6.32. The van der Waals surface area contributed by atoms with Gasteiger partial charge in [-0.3, -0.25) is 14.4 Å². The summed E-state index contributed by atoms with van der Waals surface area (Å²) in [5.41, 5.74) is -2.11. The van der Waals surface area contributed by atoms with Crippen molar-refractivity contribution in [2.45, 2.75) is 56.1 Å². The molecule has 0 amide bonds. The fraction of sp³-hybridized carbons (Fsp3) is 0.370. The van der Waals surface area contributed by atoms with Crippen molar-refractivity contribution in [2.24, 2.45) is 0 Å². The molecular weight excluding hydrogens is 548 g/mol. The highest BCUT2D eigenvalue weighted by Crippen LogP contribution is 2.33. The lowest BCUT2D eigenvalue weighted by Gasteiger charge is -2.40. The van der Waals surface area contributed by atoms with Gasteiger partial charge in [0.2, 0.25) is 6.29 Å². The number of carbonyl (C=O) groups is 2. The largest absolute Gasteiger partial charge is 0.508 e. The van der Waals surface area contributed by atoms with E-state index in [4.69, 9.17) is 23.7 Å². The van der Waals surface area contributed by atoms with Crippen molar-refractivity contribution < 1.29 is 64.0 Å².